The molecular formula is C22H17ClN2O4. The minimum atomic E-state index is -0.486. The number of hydrazone groups is 1. The highest BCUT2D eigenvalue weighted by Gasteiger charge is 2.12. The summed E-state index contributed by atoms with van der Waals surface area (Å²) >= 11 is 5.80. The van der Waals surface area contributed by atoms with Gasteiger partial charge in [0.05, 0.1) is 18.9 Å². The third kappa shape index (κ3) is 5.43. The van der Waals surface area contributed by atoms with Crippen molar-refractivity contribution in [1.82, 2.24) is 5.43 Å². The van der Waals surface area contributed by atoms with Crippen LogP contribution in [0.25, 0.3) is 0 Å². The molecule has 0 bridgehead atoms. The van der Waals surface area contributed by atoms with Gasteiger partial charge in [0.25, 0.3) is 5.91 Å². The SMILES string of the molecule is COc1cc(/C=N/NC(=O)c2ccc(Cl)cc2)ccc1OC(=O)c1ccccc1. The van der Waals surface area contributed by atoms with Crippen LogP contribution in [0, 0.1) is 0 Å². The molecule has 3 aromatic rings. The van der Waals surface area contributed by atoms with E-state index in [1.807, 2.05) is 6.07 Å². The van der Waals surface area contributed by atoms with Crippen molar-refractivity contribution in [3.8, 4) is 11.5 Å². The molecule has 29 heavy (non-hydrogen) atoms. The molecule has 0 radical (unpaired) electrons. The summed E-state index contributed by atoms with van der Waals surface area (Å²) in [5.41, 5.74) is 3.96. The van der Waals surface area contributed by atoms with Crippen molar-refractivity contribution in [3.05, 3.63) is 94.5 Å². The monoisotopic (exact) mass is 408 g/mol. The summed E-state index contributed by atoms with van der Waals surface area (Å²) in [6.07, 6.45) is 1.46. The largest absolute Gasteiger partial charge is 0.493 e. The Hall–Kier alpha value is -3.64. The van der Waals surface area contributed by atoms with Gasteiger partial charge in [-0.2, -0.15) is 5.10 Å². The number of carbonyl (C=O) groups is 2. The highest BCUT2D eigenvalue weighted by atomic mass is 35.5. The average molecular weight is 409 g/mol. The summed E-state index contributed by atoms with van der Waals surface area (Å²) in [4.78, 5) is 24.2. The third-order valence-corrected chi connectivity index (χ3v) is 4.14. The quantitative estimate of drug-likeness (QED) is 0.285. The second-order valence-electron chi connectivity index (χ2n) is 5.87. The predicted molar refractivity (Wildman–Crippen MR) is 111 cm³/mol. The van der Waals surface area contributed by atoms with Crippen LogP contribution in [0.4, 0.5) is 0 Å². The summed E-state index contributed by atoms with van der Waals surface area (Å²) < 4.78 is 10.7. The predicted octanol–water partition coefficient (Wildman–Crippen LogP) is 4.33. The zero-order valence-corrected chi connectivity index (χ0v) is 16.2. The lowest BCUT2D eigenvalue weighted by Crippen LogP contribution is -2.17. The molecule has 6 nitrogen and oxygen atoms in total. The lowest BCUT2D eigenvalue weighted by molar-refractivity contribution is 0.0729. The topological polar surface area (TPSA) is 77.0 Å². The maximum Gasteiger partial charge on any atom is 0.343 e. The molecule has 0 atom stereocenters. The zero-order valence-electron chi connectivity index (χ0n) is 15.5. The van der Waals surface area contributed by atoms with E-state index in [0.717, 1.165) is 0 Å². The number of benzene rings is 3. The fraction of sp³-hybridized carbons (Fsp3) is 0.0455. The Balaban J connectivity index is 1.66. The first-order valence-corrected chi connectivity index (χ1v) is 8.99. The van der Waals surface area contributed by atoms with Gasteiger partial charge in [-0.1, -0.05) is 29.8 Å². The van der Waals surface area contributed by atoms with Crippen LogP contribution in [0.15, 0.2) is 77.9 Å². The zero-order chi connectivity index (χ0) is 20.6. The van der Waals surface area contributed by atoms with Crippen LogP contribution in [0.5, 0.6) is 11.5 Å². The van der Waals surface area contributed by atoms with E-state index in [2.05, 4.69) is 10.5 Å². The first-order chi connectivity index (χ1) is 14.1. The van der Waals surface area contributed by atoms with Crippen LogP contribution in [-0.4, -0.2) is 25.2 Å². The molecule has 0 aliphatic rings. The second kappa shape index (κ2) is 9.52. The van der Waals surface area contributed by atoms with Crippen LogP contribution in [0.1, 0.15) is 26.3 Å². The molecule has 0 aromatic heterocycles. The Morgan fingerprint density at radius 3 is 2.34 bits per heavy atom. The maximum absolute atomic E-state index is 12.2. The Morgan fingerprint density at radius 2 is 1.66 bits per heavy atom. The first-order valence-electron chi connectivity index (χ1n) is 8.61. The number of hydrogen-bond acceptors (Lipinski definition) is 5. The van der Waals surface area contributed by atoms with E-state index in [0.29, 0.717) is 27.5 Å². The standard InChI is InChI=1S/C22H17ClN2O4/c1-28-20-13-15(14-24-25-21(26)16-8-10-18(23)11-9-16)7-12-19(20)29-22(27)17-5-3-2-4-6-17/h2-14H,1H3,(H,25,26)/b24-14+. The minimum Gasteiger partial charge on any atom is -0.493 e. The summed E-state index contributed by atoms with van der Waals surface area (Å²) in [5, 5.41) is 4.48. The molecule has 0 fully saturated rings. The molecule has 146 valence electrons. The van der Waals surface area contributed by atoms with Crippen LogP contribution >= 0.6 is 11.6 Å². The number of carbonyl (C=O) groups excluding carboxylic acids is 2. The maximum atomic E-state index is 12.2. The number of nitrogens with zero attached hydrogens (tertiary/aromatic N) is 1. The molecule has 0 saturated carbocycles. The molecule has 0 saturated heterocycles. The number of hydrogen-bond donors (Lipinski definition) is 1. The molecule has 3 aromatic carbocycles. The van der Waals surface area contributed by atoms with E-state index >= 15 is 0 Å². The van der Waals surface area contributed by atoms with E-state index in [1.54, 1.807) is 66.7 Å². The Bertz CT molecular complexity index is 1030. The Kier molecular flexibility index (Phi) is 6.60. The van der Waals surface area contributed by atoms with Gasteiger partial charge in [-0.3, -0.25) is 4.79 Å². The molecule has 0 spiro atoms. The van der Waals surface area contributed by atoms with Gasteiger partial charge < -0.3 is 9.47 Å². The lowest BCUT2D eigenvalue weighted by Gasteiger charge is -2.10. The van der Waals surface area contributed by atoms with Crippen molar-refractivity contribution in [1.29, 1.82) is 0 Å². The van der Waals surface area contributed by atoms with Gasteiger partial charge in [-0.25, -0.2) is 10.2 Å². The smallest absolute Gasteiger partial charge is 0.343 e. The molecule has 0 aliphatic heterocycles. The summed E-state index contributed by atoms with van der Waals surface area (Å²) in [7, 11) is 1.47. The van der Waals surface area contributed by atoms with E-state index in [1.165, 1.54) is 13.3 Å². The third-order valence-electron chi connectivity index (χ3n) is 3.89. The highest BCUT2D eigenvalue weighted by molar-refractivity contribution is 6.30. The van der Waals surface area contributed by atoms with Crippen LogP contribution in [0.2, 0.25) is 5.02 Å². The van der Waals surface area contributed by atoms with E-state index in [4.69, 9.17) is 21.1 Å². The van der Waals surface area contributed by atoms with Gasteiger partial charge in [0.2, 0.25) is 0 Å². The molecule has 1 N–H and O–H groups in total. The summed E-state index contributed by atoms with van der Waals surface area (Å²) in [6.45, 7) is 0. The molecule has 3 rings (SSSR count). The second-order valence-corrected chi connectivity index (χ2v) is 6.31. The normalized spacial score (nSPS) is 10.6. The number of methoxy groups -OCH3 is 1. The molecule has 1 amide bonds. The van der Waals surface area contributed by atoms with Crippen molar-refractivity contribution in [2.75, 3.05) is 7.11 Å². The highest BCUT2D eigenvalue weighted by Crippen LogP contribution is 2.28. The van der Waals surface area contributed by atoms with Gasteiger partial charge in [0.15, 0.2) is 11.5 Å². The molecule has 7 heteroatoms. The van der Waals surface area contributed by atoms with E-state index in [9.17, 15) is 9.59 Å². The number of ether oxygens (including phenoxy) is 2. The van der Waals surface area contributed by atoms with Gasteiger partial charge >= 0.3 is 5.97 Å². The van der Waals surface area contributed by atoms with Crippen LogP contribution in [0.3, 0.4) is 0 Å². The van der Waals surface area contributed by atoms with Crippen LogP contribution in [-0.2, 0) is 0 Å². The number of amides is 1. The van der Waals surface area contributed by atoms with Crippen molar-refractivity contribution in [2.24, 2.45) is 5.10 Å². The van der Waals surface area contributed by atoms with Crippen molar-refractivity contribution < 1.29 is 19.1 Å². The van der Waals surface area contributed by atoms with Crippen molar-refractivity contribution in [3.63, 3.8) is 0 Å². The fourth-order valence-corrected chi connectivity index (χ4v) is 2.54. The minimum absolute atomic E-state index is 0.281. The number of nitrogens with one attached hydrogen (secondary N) is 1. The average Bonchev–Trinajstić information content (AvgIpc) is 2.75. The van der Waals surface area contributed by atoms with Crippen molar-refractivity contribution in [2.45, 2.75) is 0 Å². The Labute approximate surface area is 172 Å². The van der Waals surface area contributed by atoms with Gasteiger partial charge in [0.1, 0.15) is 0 Å². The summed E-state index contributed by atoms with van der Waals surface area (Å²) in [5.74, 6) is -0.204. The van der Waals surface area contributed by atoms with E-state index in [-0.39, 0.29) is 11.7 Å². The fourth-order valence-electron chi connectivity index (χ4n) is 2.41. The van der Waals surface area contributed by atoms with Crippen LogP contribution < -0.4 is 14.9 Å². The molecule has 0 heterocycles. The number of rotatable bonds is 6. The van der Waals surface area contributed by atoms with Crippen molar-refractivity contribution >= 4 is 29.7 Å². The van der Waals surface area contributed by atoms with Gasteiger partial charge in [0, 0.05) is 10.6 Å². The number of halogens is 1. The van der Waals surface area contributed by atoms with Gasteiger partial charge in [-0.05, 0) is 60.2 Å². The first kappa shape index (κ1) is 20.1. The Morgan fingerprint density at radius 1 is 0.931 bits per heavy atom. The number of esters is 1. The molecule has 0 unspecified atom stereocenters. The molecular weight excluding hydrogens is 392 g/mol. The molecule has 0 aliphatic carbocycles. The lowest BCUT2D eigenvalue weighted by atomic mass is 10.2. The van der Waals surface area contributed by atoms with E-state index < -0.39 is 5.97 Å². The van der Waals surface area contributed by atoms with Gasteiger partial charge in [-0.15, -0.1) is 0 Å². The summed E-state index contributed by atoms with van der Waals surface area (Å²) in [6, 6.07) is 20.0.